The van der Waals surface area contributed by atoms with Crippen LogP contribution in [0.25, 0.3) is 0 Å². The summed E-state index contributed by atoms with van der Waals surface area (Å²) < 4.78 is 13.3. The van der Waals surface area contributed by atoms with Crippen LogP contribution in [0.5, 0.6) is 0 Å². The second-order valence-electron chi connectivity index (χ2n) is 2.12. The van der Waals surface area contributed by atoms with Crippen molar-refractivity contribution in [3.05, 3.63) is 27.3 Å². The molecule has 2 N–H and O–H groups in total. The normalized spacial score (nSPS) is 10.1. The summed E-state index contributed by atoms with van der Waals surface area (Å²) in [7, 11) is 0. The third-order valence-electron chi connectivity index (χ3n) is 1.27. The van der Waals surface area contributed by atoms with Crippen molar-refractivity contribution >= 4 is 22.6 Å². The predicted octanol–water partition coefficient (Wildman–Crippen LogP) is 1.33. The van der Waals surface area contributed by atoms with E-state index in [1.165, 1.54) is 12.3 Å². The molecule has 0 aliphatic rings. The van der Waals surface area contributed by atoms with E-state index < -0.39 is 0 Å². The van der Waals surface area contributed by atoms with Gasteiger partial charge in [-0.2, -0.15) is 0 Å². The highest BCUT2D eigenvalue weighted by molar-refractivity contribution is 14.1. The van der Waals surface area contributed by atoms with Crippen molar-refractivity contribution in [2.24, 2.45) is 5.73 Å². The molecule has 60 valence electrons. The van der Waals surface area contributed by atoms with E-state index in [9.17, 15) is 4.39 Å². The SMILES string of the molecule is NCCc1ncc(F)cc1I. The van der Waals surface area contributed by atoms with Gasteiger partial charge in [-0.1, -0.05) is 0 Å². The topological polar surface area (TPSA) is 38.9 Å². The third-order valence-corrected chi connectivity index (χ3v) is 2.20. The quantitative estimate of drug-likeness (QED) is 0.820. The van der Waals surface area contributed by atoms with Crippen molar-refractivity contribution < 1.29 is 4.39 Å². The molecule has 0 amide bonds. The van der Waals surface area contributed by atoms with Crippen LogP contribution >= 0.6 is 22.6 Å². The number of rotatable bonds is 2. The molecule has 0 saturated carbocycles. The van der Waals surface area contributed by atoms with Gasteiger partial charge in [0, 0.05) is 9.99 Å². The molecule has 0 aliphatic carbocycles. The summed E-state index contributed by atoms with van der Waals surface area (Å²) in [4.78, 5) is 3.91. The maximum absolute atomic E-state index is 12.5. The standard InChI is InChI=1S/C7H8FIN2/c8-5-3-6(9)7(1-2-10)11-4-5/h3-4H,1-2,10H2. The molecule has 1 aromatic heterocycles. The van der Waals surface area contributed by atoms with Crippen LogP contribution in [0, 0.1) is 9.39 Å². The van der Waals surface area contributed by atoms with Gasteiger partial charge < -0.3 is 5.73 Å². The van der Waals surface area contributed by atoms with Gasteiger partial charge in [0.25, 0.3) is 0 Å². The van der Waals surface area contributed by atoms with Crippen LogP contribution in [0.2, 0.25) is 0 Å². The van der Waals surface area contributed by atoms with E-state index in [-0.39, 0.29) is 5.82 Å². The summed E-state index contributed by atoms with van der Waals surface area (Å²) in [6.45, 7) is 0.550. The highest BCUT2D eigenvalue weighted by Crippen LogP contribution is 2.10. The zero-order chi connectivity index (χ0) is 8.27. The molecule has 1 heterocycles. The fourth-order valence-corrected chi connectivity index (χ4v) is 1.47. The lowest BCUT2D eigenvalue weighted by Crippen LogP contribution is -2.06. The number of aromatic nitrogens is 1. The Kier molecular flexibility index (Phi) is 3.19. The number of nitrogens with two attached hydrogens (primary N) is 1. The Morgan fingerprint density at radius 1 is 1.64 bits per heavy atom. The summed E-state index contributed by atoms with van der Waals surface area (Å²) >= 11 is 2.05. The van der Waals surface area contributed by atoms with Gasteiger partial charge in [-0.25, -0.2) is 4.39 Å². The Labute approximate surface area is 78.1 Å². The van der Waals surface area contributed by atoms with Crippen LogP contribution in [-0.4, -0.2) is 11.5 Å². The lowest BCUT2D eigenvalue weighted by Gasteiger charge is -1.99. The van der Waals surface area contributed by atoms with Gasteiger partial charge in [0.2, 0.25) is 0 Å². The van der Waals surface area contributed by atoms with Crippen molar-refractivity contribution in [3.8, 4) is 0 Å². The molecule has 0 fully saturated rings. The molecule has 0 spiro atoms. The summed E-state index contributed by atoms with van der Waals surface area (Å²) in [5.41, 5.74) is 6.20. The first kappa shape index (κ1) is 8.86. The minimum atomic E-state index is -0.296. The van der Waals surface area contributed by atoms with Gasteiger partial charge >= 0.3 is 0 Å². The zero-order valence-electron chi connectivity index (χ0n) is 5.85. The summed E-state index contributed by atoms with van der Waals surface area (Å²) in [6, 6.07) is 1.46. The van der Waals surface area contributed by atoms with E-state index in [2.05, 4.69) is 27.6 Å². The van der Waals surface area contributed by atoms with Crippen molar-refractivity contribution in [3.63, 3.8) is 0 Å². The Morgan fingerprint density at radius 3 is 2.91 bits per heavy atom. The van der Waals surface area contributed by atoms with Gasteiger partial charge in [-0.05, 0) is 35.2 Å². The fourth-order valence-electron chi connectivity index (χ4n) is 0.764. The van der Waals surface area contributed by atoms with Gasteiger partial charge in [-0.15, -0.1) is 0 Å². The van der Waals surface area contributed by atoms with Crippen LogP contribution in [0.4, 0.5) is 4.39 Å². The second-order valence-corrected chi connectivity index (χ2v) is 3.28. The Hall–Kier alpha value is -0.230. The van der Waals surface area contributed by atoms with Crippen molar-refractivity contribution in [1.82, 2.24) is 4.98 Å². The zero-order valence-corrected chi connectivity index (χ0v) is 8.01. The van der Waals surface area contributed by atoms with Gasteiger partial charge in [0.15, 0.2) is 0 Å². The molecule has 11 heavy (non-hydrogen) atoms. The van der Waals surface area contributed by atoms with Crippen LogP contribution in [0.1, 0.15) is 5.69 Å². The van der Waals surface area contributed by atoms with E-state index in [0.717, 1.165) is 9.26 Å². The minimum Gasteiger partial charge on any atom is -0.330 e. The van der Waals surface area contributed by atoms with Crippen LogP contribution in [-0.2, 0) is 6.42 Å². The largest absolute Gasteiger partial charge is 0.330 e. The van der Waals surface area contributed by atoms with Gasteiger partial charge in [0.1, 0.15) is 5.82 Å². The van der Waals surface area contributed by atoms with Crippen molar-refractivity contribution in [2.45, 2.75) is 6.42 Å². The molecule has 0 bridgehead atoms. The second kappa shape index (κ2) is 3.96. The van der Waals surface area contributed by atoms with E-state index in [0.29, 0.717) is 13.0 Å². The van der Waals surface area contributed by atoms with Crippen LogP contribution < -0.4 is 5.73 Å². The molecular weight excluding hydrogens is 258 g/mol. The summed E-state index contributed by atoms with van der Waals surface area (Å²) in [6.07, 6.45) is 1.92. The average molecular weight is 266 g/mol. The lowest BCUT2D eigenvalue weighted by atomic mass is 10.3. The predicted molar refractivity (Wildman–Crippen MR) is 49.7 cm³/mol. The number of hydrogen-bond donors (Lipinski definition) is 1. The first-order chi connectivity index (χ1) is 5.24. The fraction of sp³-hybridized carbons (Fsp3) is 0.286. The van der Waals surface area contributed by atoms with Crippen LogP contribution in [0.15, 0.2) is 12.3 Å². The number of halogens is 2. The smallest absolute Gasteiger partial charge is 0.142 e. The molecule has 0 aliphatic heterocycles. The molecule has 0 aromatic carbocycles. The molecule has 0 atom stereocenters. The maximum atomic E-state index is 12.5. The van der Waals surface area contributed by atoms with Crippen molar-refractivity contribution in [2.75, 3.05) is 6.54 Å². The molecule has 1 rings (SSSR count). The molecule has 1 aromatic rings. The van der Waals surface area contributed by atoms with Gasteiger partial charge in [0.05, 0.1) is 11.9 Å². The number of nitrogens with zero attached hydrogens (tertiary/aromatic N) is 1. The first-order valence-corrected chi connectivity index (χ1v) is 4.32. The number of pyridine rings is 1. The molecular formula is C7H8FIN2. The van der Waals surface area contributed by atoms with E-state index in [1.54, 1.807) is 0 Å². The Morgan fingerprint density at radius 2 is 2.36 bits per heavy atom. The molecule has 0 radical (unpaired) electrons. The summed E-state index contributed by atoms with van der Waals surface area (Å²) in [5.74, 6) is -0.296. The maximum Gasteiger partial charge on any atom is 0.142 e. The Bertz CT molecular complexity index is 252. The van der Waals surface area contributed by atoms with E-state index >= 15 is 0 Å². The van der Waals surface area contributed by atoms with Crippen LogP contribution in [0.3, 0.4) is 0 Å². The average Bonchev–Trinajstić information content (AvgIpc) is 1.95. The van der Waals surface area contributed by atoms with E-state index in [4.69, 9.17) is 5.73 Å². The summed E-state index contributed by atoms with van der Waals surface area (Å²) in [5, 5.41) is 0. The highest BCUT2D eigenvalue weighted by atomic mass is 127. The monoisotopic (exact) mass is 266 g/mol. The molecule has 2 nitrogen and oxygen atoms in total. The molecule has 4 heteroatoms. The first-order valence-electron chi connectivity index (χ1n) is 3.24. The molecule has 0 saturated heterocycles. The third kappa shape index (κ3) is 2.37. The Balaban J connectivity index is 2.90. The van der Waals surface area contributed by atoms with E-state index in [1.807, 2.05) is 0 Å². The van der Waals surface area contributed by atoms with Crippen molar-refractivity contribution in [1.29, 1.82) is 0 Å². The number of hydrogen-bond acceptors (Lipinski definition) is 2. The van der Waals surface area contributed by atoms with Gasteiger partial charge in [-0.3, -0.25) is 4.98 Å². The minimum absolute atomic E-state index is 0.296. The lowest BCUT2D eigenvalue weighted by molar-refractivity contribution is 0.617. The highest BCUT2D eigenvalue weighted by Gasteiger charge is 2.00. The molecule has 0 unspecified atom stereocenters.